The van der Waals surface area contributed by atoms with Crippen molar-refractivity contribution in [3.8, 4) is 5.75 Å². The molecule has 7 atom stereocenters. The monoisotopic (exact) mass is 606 g/mol. The topological polar surface area (TPSA) is 237 Å². The smallest absolute Gasteiger partial charge is 0.255 e. The standard InChI is InChI=1S/C31H34N4O9/c1-12-14-9-10-16(34-30(43)15(32)11-13-7-5-4-6-8-13)23(36)18(14)24(37)19-17(12)25(38)21-22(35(2)3)26(39)20(29(33)42)28(41)31(21,44)27(19)40/h4-10,12,15,17,21-22,25,36,38-40,44H,11,32H2,1-3H3,(H2,33,42)(H,34,43)/t12?,15-,17?,21?,22-,25?,31-/m0/s1. The van der Waals surface area contributed by atoms with Crippen LogP contribution in [0.4, 0.5) is 5.69 Å². The predicted molar refractivity (Wildman–Crippen MR) is 157 cm³/mol. The Labute approximate surface area is 252 Å². The molecule has 3 aliphatic rings. The number of benzene rings is 2. The number of rotatable bonds is 6. The molecule has 3 aliphatic carbocycles. The van der Waals surface area contributed by atoms with E-state index in [0.717, 1.165) is 5.56 Å². The second kappa shape index (κ2) is 10.9. The summed E-state index contributed by atoms with van der Waals surface area (Å²) in [5, 5.41) is 59.6. The van der Waals surface area contributed by atoms with Crippen molar-refractivity contribution in [2.45, 2.75) is 43.1 Å². The highest BCUT2D eigenvalue weighted by molar-refractivity contribution is 6.25. The lowest BCUT2D eigenvalue weighted by molar-refractivity contribution is -0.162. The fraction of sp³-hybridized carbons (Fsp3) is 0.355. The number of aromatic hydroxyl groups is 1. The molecule has 0 saturated heterocycles. The molecule has 0 aromatic heterocycles. The van der Waals surface area contributed by atoms with Crippen molar-refractivity contribution in [1.29, 1.82) is 0 Å². The van der Waals surface area contributed by atoms with Gasteiger partial charge in [-0.1, -0.05) is 43.3 Å². The van der Waals surface area contributed by atoms with Gasteiger partial charge in [-0.2, -0.15) is 0 Å². The number of hydrogen-bond donors (Lipinski definition) is 8. The van der Waals surface area contributed by atoms with Gasteiger partial charge in [-0.3, -0.25) is 24.1 Å². The van der Waals surface area contributed by atoms with Crippen molar-refractivity contribution in [2.24, 2.45) is 23.3 Å². The summed E-state index contributed by atoms with van der Waals surface area (Å²) >= 11 is 0. The van der Waals surface area contributed by atoms with Crippen molar-refractivity contribution in [3.63, 3.8) is 0 Å². The summed E-state index contributed by atoms with van der Waals surface area (Å²) in [6.07, 6.45) is -1.50. The van der Waals surface area contributed by atoms with Crippen LogP contribution >= 0.6 is 0 Å². The Hall–Kier alpha value is -4.56. The minimum Gasteiger partial charge on any atom is -0.510 e. The summed E-state index contributed by atoms with van der Waals surface area (Å²) in [5.41, 5.74) is 7.49. The first-order valence-corrected chi connectivity index (χ1v) is 13.9. The van der Waals surface area contributed by atoms with Crippen LogP contribution in [0.5, 0.6) is 5.75 Å². The van der Waals surface area contributed by atoms with E-state index in [-0.39, 0.29) is 23.2 Å². The molecule has 0 radical (unpaired) electrons. The Bertz CT molecular complexity index is 1650. The first kappa shape index (κ1) is 30.9. The molecular formula is C31H34N4O9. The average Bonchev–Trinajstić information content (AvgIpc) is 2.96. The lowest BCUT2D eigenvalue weighted by atomic mass is 9.55. The van der Waals surface area contributed by atoms with Gasteiger partial charge in [0.15, 0.2) is 17.1 Å². The second-order valence-electron chi connectivity index (χ2n) is 11.8. The fourth-order valence-electron chi connectivity index (χ4n) is 6.91. The number of anilines is 1. The lowest BCUT2D eigenvalue weighted by Crippen LogP contribution is -2.68. The van der Waals surface area contributed by atoms with Crippen LogP contribution in [0.25, 0.3) is 0 Å². The quantitative estimate of drug-likeness (QED) is 0.163. The number of amides is 2. The molecule has 0 heterocycles. The summed E-state index contributed by atoms with van der Waals surface area (Å²) < 4.78 is 0. The Morgan fingerprint density at radius 1 is 1.07 bits per heavy atom. The van der Waals surface area contributed by atoms with Crippen LogP contribution in [0.2, 0.25) is 0 Å². The lowest BCUT2D eigenvalue weighted by Gasteiger charge is -2.53. The number of nitrogens with zero attached hydrogens (tertiary/aromatic N) is 1. The summed E-state index contributed by atoms with van der Waals surface area (Å²) in [7, 11) is 2.92. The van der Waals surface area contributed by atoms with Gasteiger partial charge in [0.1, 0.15) is 17.1 Å². The van der Waals surface area contributed by atoms with Gasteiger partial charge in [0.25, 0.3) is 5.91 Å². The van der Waals surface area contributed by atoms with Gasteiger partial charge < -0.3 is 42.3 Å². The number of likely N-dealkylation sites (N-methyl/N-ethyl adjacent to an activating group) is 1. The van der Waals surface area contributed by atoms with E-state index in [0.29, 0.717) is 0 Å². The van der Waals surface area contributed by atoms with E-state index in [1.807, 2.05) is 6.07 Å². The molecular weight excluding hydrogens is 572 g/mol. The van der Waals surface area contributed by atoms with Gasteiger partial charge in [0.2, 0.25) is 11.7 Å². The number of hydrogen-bond acceptors (Lipinski definition) is 11. The molecule has 2 aromatic rings. The average molecular weight is 607 g/mol. The largest absolute Gasteiger partial charge is 0.510 e. The summed E-state index contributed by atoms with van der Waals surface area (Å²) in [5.74, 6) is -10.6. The number of carbonyl (C=O) groups is 4. The van der Waals surface area contributed by atoms with Crippen LogP contribution in [0.1, 0.15) is 34.3 Å². The Balaban J connectivity index is 1.59. The fourth-order valence-corrected chi connectivity index (χ4v) is 6.91. The van der Waals surface area contributed by atoms with Crippen LogP contribution in [0.15, 0.2) is 65.1 Å². The van der Waals surface area contributed by atoms with Crippen molar-refractivity contribution >= 4 is 29.1 Å². The summed E-state index contributed by atoms with van der Waals surface area (Å²) in [6, 6.07) is 9.55. The first-order valence-electron chi connectivity index (χ1n) is 13.9. The number of primary amides is 1. The van der Waals surface area contributed by atoms with Crippen LogP contribution < -0.4 is 16.8 Å². The number of ketones is 2. The highest BCUT2D eigenvalue weighted by atomic mass is 16.4. The van der Waals surface area contributed by atoms with Gasteiger partial charge in [-0.05, 0) is 43.6 Å². The maximum absolute atomic E-state index is 14.0. The number of phenolic OH excluding ortho intramolecular Hbond substituents is 1. The molecule has 5 rings (SSSR count). The van der Waals surface area contributed by atoms with Gasteiger partial charge in [0, 0.05) is 11.5 Å². The number of aliphatic hydroxyl groups is 4. The number of nitrogens with two attached hydrogens (primary N) is 2. The number of nitrogens with one attached hydrogen (secondary N) is 1. The van der Waals surface area contributed by atoms with Crippen molar-refractivity contribution in [1.82, 2.24) is 4.90 Å². The molecule has 44 heavy (non-hydrogen) atoms. The first-order chi connectivity index (χ1) is 20.6. The van der Waals surface area contributed by atoms with Crippen LogP contribution in [0.3, 0.4) is 0 Å². The minimum absolute atomic E-state index is 0.144. The van der Waals surface area contributed by atoms with Crippen molar-refractivity contribution in [2.75, 3.05) is 19.4 Å². The Morgan fingerprint density at radius 3 is 2.30 bits per heavy atom. The Morgan fingerprint density at radius 2 is 1.70 bits per heavy atom. The van der Waals surface area contributed by atoms with Gasteiger partial charge in [-0.15, -0.1) is 0 Å². The highest BCUT2D eigenvalue weighted by Crippen LogP contribution is 2.56. The molecule has 0 fully saturated rings. The normalized spacial score (nSPS) is 28.8. The molecule has 13 nitrogen and oxygen atoms in total. The van der Waals surface area contributed by atoms with E-state index in [2.05, 4.69) is 5.32 Å². The molecule has 4 unspecified atom stereocenters. The molecule has 2 aromatic carbocycles. The maximum atomic E-state index is 14.0. The van der Waals surface area contributed by atoms with Gasteiger partial charge in [-0.25, -0.2) is 0 Å². The summed E-state index contributed by atoms with van der Waals surface area (Å²) in [6.45, 7) is 1.62. The predicted octanol–water partition coefficient (Wildman–Crippen LogP) is 0.161. The highest BCUT2D eigenvalue weighted by Gasteiger charge is 2.67. The zero-order valence-corrected chi connectivity index (χ0v) is 24.2. The number of Topliss-reactive ketones (excluding diaryl/α,β-unsaturated/α-hetero) is 2. The van der Waals surface area contributed by atoms with E-state index in [1.54, 1.807) is 31.2 Å². The molecule has 2 amide bonds. The molecule has 232 valence electrons. The minimum atomic E-state index is -3.02. The number of fused-ring (bicyclic) bond motifs is 3. The third kappa shape index (κ3) is 4.39. The van der Waals surface area contributed by atoms with E-state index < -0.39 is 93.3 Å². The van der Waals surface area contributed by atoms with Crippen LogP contribution in [-0.4, -0.2) is 91.7 Å². The van der Waals surface area contributed by atoms with Crippen molar-refractivity contribution < 1.29 is 44.7 Å². The van der Waals surface area contributed by atoms with Crippen LogP contribution in [-0.2, 0) is 20.8 Å². The van der Waals surface area contributed by atoms with Crippen molar-refractivity contribution in [3.05, 3.63) is 81.8 Å². The van der Waals surface area contributed by atoms with Crippen LogP contribution in [0, 0.1) is 11.8 Å². The summed E-state index contributed by atoms with van der Waals surface area (Å²) in [4.78, 5) is 53.9. The molecule has 13 heteroatoms. The number of phenols is 1. The van der Waals surface area contributed by atoms with E-state index >= 15 is 0 Å². The molecule has 0 aliphatic heterocycles. The molecule has 0 saturated carbocycles. The third-order valence-corrected chi connectivity index (χ3v) is 9.02. The van der Waals surface area contributed by atoms with E-state index in [1.165, 1.54) is 31.1 Å². The van der Waals surface area contributed by atoms with E-state index in [9.17, 15) is 44.7 Å². The number of carbonyl (C=O) groups excluding carboxylic acids is 4. The zero-order chi connectivity index (χ0) is 32.4. The Kier molecular flexibility index (Phi) is 7.62. The third-order valence-electron chi connectivity index (χ3n) is 9.02. The molecule has 10 N–H and O–H groups in total. The molecule has 0 spiro atoms. The van der Waals surface area contributed by atoms with E-state index in [4.69, 9.17) is 11.5 Å². The SMILES string of the molecule is CC1c2ccc(NC(=O)[C@@H](N)Cc3ccccc3)c(O)c2C(=O)C2=C(O)[C@]3(O)C(=O)C(C(N)=O)=C(O)[C@@H](N(C)C)C3C(O)C21. The second-order valence-corrected chi connectivity index (χ2v) is 11.8. The maximum Gasteiger partial charge on any atom is 0.255 e. The number of aliphatic hydroxyl groups excluding tert-OH is 3. The van der Waals surface area contributed by atoms with Gasteiger partial charge in [0.05, 0.1) is 35.4 Å². The van der Waals surface area contributed by atoms with Gasteiger partial charge >= 0.3 is 0 Å². The zero-order valence-electron chi connectivity index (χ0n) is 24.2. The molecule has 0 bridgehead atoms.